The molecule has 0 aromatic rings. The average Bonchev–Trinajstić information content (AvgIpc) is 1.84. The van der Waals surface area contributed by atoms with Gasteiger partial charge in [-0.2, -0.15) is 0 Å². The van der Waals surface area contributed by atoms with E-state index in [9.17, 15) is 5.11 Å². The van der Waals surface area contributed by atoms with Crippen LogP contribution in [-0.4, -0.2) is 13.2 Å². The van der Waals surface area contributed by atoms with Gasteiger partial charge in [-0.3, -0.25) is 0 Å². The fourth-order valence-corrected chi connectivity index (χ4v) is 2.21. The van der Waals surface area contributed by atoms with Crippen molar-refractivity contribution < 1.29 is 5.11 Å². The van der Waals surface area contributed by atoms with Gasteiger partial charge in [-0.25, -0.2) is 0 Å². The predicted molar refractivity (Wildman–Crippen MR) is 58.2 cm³/mol. The summed E-state index contributed by atoms with van der Waals surface area (Å²) in [6, 6.07) is 0. The first-order valence-electron chi connectivity index (χ1n) is 4.61. The summed E-state index contributed by atoms with van der Waals surface area (Å²) in [5.41, 5.74) is 2.10. The number of aliphatic hydroxyl groups is 1. The highest BCUT2D eigenvalue weighted by Crippen LogP contribution is 2.37. The molecule has 0 unspecified atom stereocenters. The Morgan fingerprint density at radius 1 is 1.33 bits per heavy atom. The second kappa shape index (κ2) is 3.65. The molecule has 0 aromatic heterocycles. The lowest BCUT2D eigenvalue weighted by Crippen LogP contribution is -2.35. The van der Waals surface area contributed by atoms with E-state index in [4.69, 9.17) is 0 Å². The third kappa shape index (κ3) is 3.01. The van der Waals surface area contributed by atoms with Crippen molar-refractivity contribution in [3.05, 3.63) is 11.5 Å². The Morgan fingerprint density at radius 2 is 1.75 bits per heavy atom. The van der Waals surface area contributed by atoms with Crippen LogP contribution in [-0.2, 0) is 0 Å². The summed E-state index contributed by atoms with van der Waals surface area (Å²) in [6.45, 7) is 13.3. The van der Waals surface area contributed by atoms with E-state index in [2.05, 4.69) is 39.6 Å². The van der Waals surface area contributed by atoms with Crippen LogP contribution in [0.5, 0.6) is 0 Å². The van der Waals surface area contributed by atoms with E-state index in [0.717, 1.165) is 6.42 Å². The molecular formula is C10H22OSi. The molecule has 0 bridgehead atoms. The van der Waals surface area contributed by atoms with Gasteiger partial charge >= 0.3 is 0 Å². The number of rotatable bonds is 2. The Morgan fingerprint density at radius 3 is 2.00 bits per heavy atom. The van der Waals surface area contributed by atoms with Gasteiger partial charge in [0.1, 0.15) is 0 Å². The maximum absolute atomic E-state index is 9.45. The van der Waals surface area contributed by atoms with Crippen molar-refractivity contribution in [3.8, 4) is 0 Å². The van der Waals surface area contributed by atoms with Crippen LogP contribution >= 0.6 is 0 Å². The third-order valence-electron chi connectivity index (χ3n) is 2.82. The molecule has 12 heavy (non-hydrogen) atoms. The van der Waals surface area contributed by atoms with Gasteiger partial charge in [0.25, 0.3) is 0 Å². The largest absolute Gasteiger partial charge is 0.513 e. The molecule has 0 aliphatic heterocycles. The van der Waals surface area contributed by atoms with Crippen LogP contribution < -0.4 is 0 Å². The van der Waals surface area contributed by atoms with E-state index >= 15 is 0 Å². The molecule has 0 atom stereocenters. The van der Waals surface area contributed by atoms with E-state index in [1.54, 1.807) is 0 Å². The third-order valence-corrected chi connectivity index (χ3v) is 7.74. The zero-order valence-corrected chi connectivity index (χ0v) is 10.2. The van der Waals surface area contributed by atoms with Crippen molar-refractivity contribution in [2.45, 2.75) is 52.2 Å². The van der Waals surface area contributed by atoms with Crippen LogP contribution in [0.25, 0.3) is 0 Å². The number of allylic oxidation sites excluding steroid dienone is 1. The molecule has 0 saturated heterocycles. The molecule has 0 aliphatic rings. The average molecular weight is 186 g/mol. The lowest BCUT2D eigenvalue weighted by Gasteiger charge is -2.34. The summed E-state index contributed by atoms with van der Waals surface area (Å²) < 4.78 is 0. The van der Waals surface area contributed by atoms with E-state index < -0.39 is 8.07 Å². The van der Waals surface area contributed by atoms with Crippen molar-refractivity contribution in [1.29, 1.82) is 0 Å². The van der Waals surface area contributed by atoms with Crippen molar-refractivity contribution in [3.63, 3.8) is 0 Å². The topological polar surface area (TPSA) is 20.2 Å². The Balaban J connectivity index is 4.64. The van der Waals surface area contributed by atoms with Crippen LogP contribution in [0.4, 0.5) is 0 Å². The molecule has 0 rings (SSSR count). The monoisotopic (exact) mass is 186 g/mol. The Labute approximate surface area is 77.5 Å². The second-order valence-electron chi connectivity index (χ2n) is 4.96. The highest BCUT2D eigenvalue weighted by Gasteiger charge is 2.33. The summed E-state index contributed by atoms with van der Waals surface area (Å²) in [5.74, 6) is 0.557. The molecular weight excluding hydrogens is 164 g/mol. The van der Waals surface area contributed by atoms with Crippen LogP contribution in [0.15, 0.2) is 11.5 Å². The molecule has 1 nitrogen and oxygen atoms in total. The van der Waals surface area contributed by atoms with Crippen molar-refractivity contribution >= 4 is 8.07 Å². The van der Waals surface area contributed by atoms with Gasteiger partial charge in [-0.1, -0.05) is 46.5 Å². The predicted octanol–water partition coefficient (Wildman–Crippen LogP) is 3.89. The Bertz CT molecular complexity index is 175. The molecule has 0 heterocycles. The summed E-state index contributed by atoms with van der Waals surface area (Å²) >= 11 is 0. The highest BCUT2D eigenvalue weighted by molar-refractivity contribution is 6.84. The minimum Gasteiger partial charge on any atom is -0.513 e. The maximum Gasteiger partial charge on any atom is 0.0842 e. The molecule has 0 spiro atoms. The first-order chi connectivity index (χ1) is 5.20. The van der Waals surface area contributed by atoms with E-state index in [-0.39, 0.29) is 0 Å². The van der Waals surface area contributed by atoms with Crippen molar-refractivity contribution in [1.82, 2.24) is 0 Å². The SMILES string of the molecule is CC/C(O)=C/[Si](C)(C)C(C)(C)C. The Hall–Kier alpha value is -0.243. The number of hydrogen-bond donors (Lipinski definition) is 1. The molecule has 0 radical (unpaired) electrons. The second-order valence-corrected chi connectivity index (χ2v) is 10.2. The summed E-state index contributed by atoms with van der Waals surface area (Å²) in [6.07, 6.45) is 0.756. The molecule has 1 N–H and O–H groups in total. The fourth-order valence-electron chi connectivity index (χ4n) is 0.735. The first-order valence-corrected chi connectivity index (χ1v) is 7.69. The standard InChI is InChI=1S/C10H22OSi/c1-7-9(11)8-12(5,6)10(2,3)4/h8,11H,7H2,1-6H3/b9-8-. The van der Waals surface area contributed by atoms with Gasteiger partial charge in [0.15, 0.2) is 0 Å². The van der Waals surface area contributed by atoms with Crippen LogP contribution in [0.1, 0.15) is 34.1 Å². The van der Waals surface area contributed by atoms with Gasteiger partial charge in [0, 0.05) is 6.42 Å². The summed E-state index contributed by atoms with van der Waals surface area (Å²) in [4.78, 5) is 0. The van der Waals surface area contributed by atoms with E-state index in [1.807, 2.05) is 6.92 Å². The quantitative estimate of drug-likeness (QED) is 0.512. The Kier molecular flexibility index (Phi) is 3.57. The summed E-state index contributed by atoms with van der Waals surface area (Å²) in [5, 5.41) is 9.78. The normalized spacial score (nSPS) is 15.0. The zero-order chi connectivity index (χ0) is 9.99. The smallest absolute Gasteiger partial charge is 0.0842 e. The minimum atomic E-state index is -1.40. The molecule has 0 aromatic carbocycles. The van der Waals surface area contributed by atoms with E-state index in [0.29, 0.717) is 10.8 Å². The van der Waals surface area contributed by atoms with Crippen molar-refractivity contribution in [2.24, 2.45) is 0 Å². The molecule has 2 heteroatoms. The number of aliphatic hydroxyl groups excluding tert-OH is 1. The lowest BCUT2D eigenvalue weighted by atomic mass is 10.2. The molecule has 0 aliphatic carbocycles. The molecule has 72 valence electrons. The summed E-state index contributed by atoms with van der Waals surface area (Å²) in [7, 11) is -1.40. The highest BCUT2D eigenvalue weighted by atomic mass is 28.3. The molecule has 0 amide bonds. The van der Waals surface area contributed by atoms with Gasteiger partial charge in [0.05, 0.1) is 13.8 Å². The van der Waals surface area contributed by atoms with E-state index in [1.165, 1.54) is 0 Å². The lowest BCUT2D eigenvalue weighted by molar-refractivity contribution is 0.395. The van der Waals surface area contributed by atoms with Gasteiger partial charge in [0.2, 0.25) is 0 Å². The molecule has 0 fully saturated rings. The van der Waals surface area contributed by atoms with Crippen LogP contribution in [0.3, 0.4) is 0 Å². The van der Waals surface area contributed by atoms with Crippen LogP contribution in [0, 0.1) is 0 Å². The zero-order valence-electron chi connectivity index (χ0n) is 9.23. The maximum atomic E-state index is 9.45. The minimum absolute atomic E-state index is 0.330. The first kappa shape index (κ1) is 11.8. The van der Waals surface area contributed by atoms with Gasteiger partial charge in [-0.15, -0.1) is 0 Å². The van der Waals surface area contributed by atoms with Gasteiger partial charge < -0.3 is 5.11 Å². The molecule has 0 saturated carbocycles. The number of hydrogen-bond acceptors (Lipinski definition) is 1. The van der Waals surface area contributed by atoms with Gasteiger partial charge in [-0.05, 0) is 5.04 Å². The van der Waals surface area contributed by atoms with Crippen LogP contribution in [0.2, 0.25) is 18.1 Å². The fraction of sp³-hybridized carbons (Fsp3) is 0.800. The van der Waals surface area contributed by atoms with Crippen molar-refractivity contribution in [2.75, 3.05) is 0 Å².